The lowest BCUT2D eigenvalue weighted by Crippen LogP contribution is -2.30. The first-order valence-electron chi connectivity index (χ1n) is 6.11. The molecule has 0 aromatic heterocycles. The van der Waals surface area contributed by atoms with E-state index in [0.717, 1.165) is 25.3 Å². The number of carbonyl (C=O) groups excluding carboxylic acids is 1. The summed E-state index contributed by atoms with van der Waals surface area (Å²) in [4.78, 5) is 13.3. The molecule has 1 heterocycles. The molecule has 1 saturated heterocycles. The van der Waals surface area contributed by atoms with Gasteiger partial charge in [-0.05, 0) is 24.5 Å². The lowest BCUT2D eigenvalue weighted by Gasteiger charge is -2.18. The Morgan fingerprint density at radius 1 is 1.35 bits per heavy atom. The van der Waals surface area contributed by atoms with Gasteiger partial charge >= 0.3 is 0 Å². The lowest BCUT2D eigenvalue weighted by molar-refractivity contribution is -0.128. The van der Waals surface area contributed by atoms with E-state index in [4.69, 9.17) is 0 Å². The molecule has 1 unspecified atom stereocenters. The van der Waals surface area contributed by atoms with E-state index < -0.39 is 0 Å². The third-order valence-electron chi connectivity index (χ3n) is 3.32. The van der Waals surface area contributed by atoms with Gasteiger partial charge in [0.25, 0.3) is 0 Å². The Kier molecular flexibility index (Phi) is 4.11. The van der Waals surface area contributed by atoms with Gasteiger partial charge in [0.15, 0.2) is 0 Å². The van der Waals surface area contributed by atoms with Gasteiger partial charge in [-0.2, -0.15) is 11.8 Å². The van der Waals surface area contributed by atoms with Gasteiger partial charge in [-0.25, -0.2) is 0 Å². The number of hydrogen-bond acceptors (Lipinski definition) is 2. The van der Waals surface area contributed by atoms with E-state index in [1.54, 1.807) is 6.92 Å². The summed E-state index contributed by atoms with van der Waals surface area (Å²) in [6.45, 7) is 5.62. The largest absolute Gasteiger partial charge is 0.342 e. The number of rotatable bonds is 1. The molecule has 1 aliphatic heterocycles. The first-order chi connectivity index (χ1) is 8.18. The summed E-state index contributed by atoms with van der Waals surface area (Å²) in [6.07, 6.45) is 1.06. The fourth-order valence-corrected chi connectivity index (χ4v) is 3.61. The molecule has 0 N–H and O–H groups in total. The quantitative estimate of drug-likeness (QED) is 0.762. The highest BCUT2D eigenvalue weighted by atomic mass is 32.2. The fourth-order valence-electron chi connectivity index (χ4n) is 2.28. The molecule has 1 aromatic carbocycles. The van der Waals surface area contributed by atoms with E-state index in [1.807, 2.05) is 16.7 Å². The fraction of sp³-hybridized carbons (Fsp3) is 0.500. The number of thioether (sulfide) groups is 1. The van der Waals surface area contributed by atoms with Crippen LogP contribution in [-0.4, -0.2) is 29.6 Å². The average Bonchev–Trinajstić information content (AvgIpc) is 2.55. The Labute approximate surface area is 107 Å². The van der Waals surface area contributed by atoms with Gasteiger partial charge in [-0.15, -0.1) is 0 Å². The molecule has 0 bridgehead atoms. The second-order valence-electron chi connectivity index (χ2n) is 4.51. The highest BCUT2D eigenvalue weighted by Crippen LogP contribution is 2.35. The molecule has 0 aliphatic carbocycles. The summed E-state index contributed by atoms with van der Waals surface area (Å²) >= 11 is 1.98. The van der Waals surface area contributed by atoms with Crippen LogP contribution in [0.5, 0.6) is 0 Å². The van der Waals surface area contributed by atoms with Gasteiger partial charge < -0.3 is 4.90 Å². The summed E-state index contributed by atoms with van der Waals surface area (Å²) in [5.74, 6) is 1.24. The smallest absolute Gasteiger partial charge is 0.219 e. The molecule has 0 spiro atoms. The average molecular weight is 249 g/mol. The maximum Gasteiger partial charge on any atom is 0.219 e. The first kappa shape index (κ1) is 12.5. The zero-order valence-electron chi connectivity index (χ0n) is 10.5. The van der Waals surface area contributed by atoms with E-state index in [1.165, 1.54) is 11.1 Å². The van der Waals surface area contributed by atoms with Crippen molar-refractivity contribution in [1.82, 2.24) is 4.90 Å². The van der Waals surface area contributed by atoms with Crippen LogP contribution in [0.2, 0.25) is 0 Å². The number of benzene rings is 1. The summed E-state index contributed by atoms with van der Waals surface area (Å²) in [5, 5.41) is 0.542. The van der Waals surface area contributed by atoms with Crippen molar-refractivity contribution in [3.63, 3.8) is 0 Å². The molecule has 17 heavy (non-hydrogen) atoms. The molecule has 2 nitrogen and oxygen atoms in total. The van der Waals surface area contributed by atoms with Crippen LogP contribution >= 0.6 is 11.8 Å². The highest BCUT2D eigenvalue weighted by molar-refractivity contribution is 7.99. The van der Waals surface area contributed by atoms with Gasteiger partial charge in [0.1, 0.15) is 0 Å². The Balaban J connectivity index is 2.09. The van der Waals surface area contributed by atoms with Crippen LogP contribution in [0.4, 0.5) is 0 Å². The molecule has 3 heteroatoms. The van der Waals surface area contributed by atoms with E-state index in [9.17, 15) is 4.79 Å². The molecule has 0 radical (unpaired) electrons. The van der Waals surface area contributed by atoms with Crippen LogP contribution < -0.4 is 0 Å². The third-order valence-corrected chi connectivity index (χ3v) is 4.63. The van der Waals surface area contributed by atoms with E-state index in [2.05, 4.69) is 31.2 Å². The Bertz CT molecular complexity index is 405. The number of carbonyl (C=O) groups is 1. The lowest BCUT2D eigenvalue weighted by atomic mass is 10.0. The number of amides is 1. The van der Waals surface area contributed by atoms with Gasteiger partial charge in [0.05, 0.1) is 0 Å². The van der Waals surface area contributed by atoms with Crippen LogP contribution in [0.25, 0.3) is 0 Å². The zero-order chi connectivity index (χ0) is 12.3. The van der Waals surface area contributed by atoms with Gasteiger partial charge in [-0.1, -0.05) is 24.3 Å². The van der Waals surface area contributed by atoms with Crippen molar-refractivity contribution in [2.75, 3.05) is 18.8 Å². The monoisotopic (exact) mass is 249 g/mol. The summed E-state index contributed by atoms with van der Waals surface area (Å²) in [7, 11) is 0. The second kappa shape index (κ2) is 5.58. The number of hydrogen-bond donors (Lipinski definition) is 0. The van der Waals surface area contributed by atoms with Crippen molar-refractivity contribution in [1.29, 1.82) is 0 Å². The second-order valence-corrected chi connectivity index (χ2v) is 5.82. The minimum Gasteiger partial charge on any atom is -0.342 e. The Morgan fingerprint density at radius 2 is 2.12 bits per heavy atom. The molecule has 1 amide bonds. The van der Waals surface area contributed by atoms with Gasteiger partial charge in [-0.3, -0.25) is 4.79 Å². The maximum atomic E-state index is 11.4. The molecular formula is C14H19NOS. The Morgan fingerprint density at radius 3 is 2.82 bits per heavy atom. The predicted octanol–water partition coefficient (Wildman–Crippen LogP) is 3.02. The molecule has 1 fully saturated rings. The molecule has 0 saturated carbocycles. The SMILES string of the molecule is CC(=O)N1CCSC(c2ccccc2C)CC1. The number of nitrogens with zero attached hydrogens (tertiary/aromatic N) is 1. The van der Waals surface area contributed by atoms with Crippen LogP contribution in [-0.2, 0) is 4.79 Å². The molecule has 2 rings (SSSR count). The maximum absolute atomic E-state index is 11.4. The van der Waals surface area contributed by atoms with E-state index in [0.29, 0.717) is 5.25 Å². The van der Waals surface area contributed by atoms with Gasteiger partial charge in [0.2, 0.25) is 5.91 Å². The minimum absolute atomic E-state index is 0.205. The van der Waals surface area contributed by atoms with E-state index in [-0.39, 0.29) is 5.91 Å². The van der Waals surface area contributed by atoms with Crippen molar-refractivity contribution < 1.29 is 4.79 Å². The van der Waals surface area contributed by atoms with Gasteiger partial charge in [0, 0.05) is 31.0 Å². The molecule has 1 atom stereocenters. The molecule has 1 aliphatic rings. The van der Waals surface area contributed by atoms with Crippen LogP contribution in [0, 0.1) is 6.92 Å². The van der Waals surface area contributed by atoms with Crippen molar-refractivity contribution in [2.24, 2.45) is 0 Å². The number of aryl methyl sites for hydroxylation is 1. The van der Waals surface area contributed by atoms with Crippen molar-refractivity contribution in [3.8, 4) is 0 Å². The van der Waals surface area contributed by atoms with Crippen LogP contribution in [0.1, 0.15) is 29.7 Å². The predicted molar refractivity (Wildman–Crippen MR) is 73.2 cm³/mol. The van der Waals surface area contributed by atoms with Crippen molar-refractivity contribution in [2.45, 2.75) is 25.5 Å². The van der Waals surface area contributed by atoms with E-state index >= 15 is 0 Å². The summed E-state index contributed by atoms with van der Waals surface area (Å²) in [6, 6.07) is 8.58. The van der Waals surface area contributed by atoms with Crippen LogP contribution in [0.15, 0.2) is 24.3 Å². The van der Waals surface area contributed by atoms with Crippen LogP contribution in [0.3, 0.4) is 0 Å². The molecule has 1 aromatic rings. The highest BCUT2D eigenvalue weighted by Gasteiger charge is 2.20. The standard InChI is InChI=1S/C14H19NOS/c1-11-5-3-4-6-13(11)14-7-8-15(12(2)16)9-10-17-14/h3-6,14H,7-10H2,1-2H3. The summed E-state index contributed by atoms with van der Waals surface area (Å²) in [5.41, 5.74) is 2.80. The topological polar surface area (TPSA) is 20.3 Å². The zero-order valence-corrected chi connectivity index (χ0v) is 11.3. The van der Waals surface area contributed by atoms with Crippen molar-refractivity contribution >= 4 is 17.7 Å². The Hall–Kier alpha value is -0.960. The first-order valence-corrected chi connectivity index (χ1v) is 7.16. The molecule has 92 valence electrons. The van der Waals surface area contributed by atoms with Crippen molar-refractivity contribution in [3.05, 3.63) is 35.4 Å². The normalized spacial score (nSPS) is 21.1. The molecular weight excluding hydrogens is 230 g/mol. The summed E-state index contributed by atoms with van der Waals surface area (Å²) < 4.78 is 0. The third kappa shape index (κ3) is 3.03. The minimum atomic E-state index is 0.205.